The zero-order valence-electron chi connectivity index (χ0n) is 12.0. The van der Waals surface area contributed by atoms with E-state index in [9.17, 15) is 0 Å². The first-order chi connectivity index (χ1) is 7.89. The fourth-order valence-corrected chi connectivity index (χ4v) is 2.00. The Morgan fingerprint density at radius 2 is 1.59 bits per heavy atom. The molecule has 2 N–H and O–H groups in total. The molecular weight excluding hydrogens is 206 g/mol. The average Bonchev–Trinajstić information content (AvgIpc) is 2.29. The van der Waals surface area contributed by atoms with E-state index in [4.69, 9.17) is 5.73 Å². The molecule has 0 radical (unpaired) electrons. The first kappa shape index (κ1) is 14.2. The quantitative estimate of drug-likeness (QED) is 0.818. The Bertz CT molecular complexity index is 337. The number of rotatable bonds is 5. The van der Waals surface area contributed by atoms with Crippen molar-refractivity contribution in [2.45, 2.75) is 47.0 Å². The molecule has 0 saturated heterocycles. The normalized spacial score (nSPS) is 15.3. The second-order valence-electron chi connectivity index (χ2n) is 6.09. The second kappa shape index (κ2) is 5.68. The molecule has 0 heterocycles. The molecule has 0 aromatic heterocycles. The first-order valence-corrected chi connectivity index (χ1v) is 6.68. The summed E-state index contributed by atoms with van der Waals surface area (Å²) in [5.74, 6) is 1.22. The van der Waals surface area contributed by atoms with E-state index in [-0.39, 0.29) is 5.41 Å². The second-order valence-corrected chi connectivity index (χ2v) is 6.09. The van der Waals surface area contributed by atoms with Gasteiger partial charge in [-0.05, 0) is 41.3 Å². The molecule has 1 heteroatoms. The zero-order chi connectivity index (χ0) is 13.1. The van der Waals surface area contributed by atoms with Crippen LogP contribution in [0.5, 0.6) is 0 Å². The predicted octanol–water partition coefficient (Wildman–Crippen LogP) is 3.97. The Morgan fingerprint density at radius 1 is 1.06 bits per heavy atom. The Kier molecular flexibility index (Phi) is 4.76. The van der Waals surface area contributed by atoms with Gasteiger partial charge >= 0.3 is 0 Å². The van der Waals surface area contributed by atoms with Gasteiger partial charge in [0.15, 0.2) is 0 Å². The van der Waals surface area contributed by atoms with Crippen molar-refractivity contribution in [1.29, 1.82) is 0 Å². The molecule has 0 saturated carbocycles. The molecule has 0 spiro atoms. The smallest absolute Gasteiger partial charge is 0.00175 e. The van der Waals surface area contributed by atoms with E-state index in [1.807, 2.05) is 0 Å². The van der Waals surface area contributed by atoms with Crippen molar-refractivity contribution in [3.8, 4) is 0 Å². The van der Waals surface area contributed by atoms with Gasteiger partial charge in [-0.15, -0.1) is 0 Å². The monoisotopic (exact) mass is 233 g/mol. The lowest BCUT2D eigenvalue weighted by Gasteiger charge is -2.32. The molecule has 1 aromatic rings. The van der Waals surface area contributed by atoms with Gasteiger partial charge in [-0.25, -0.2) is 0 Å². The van der Waals surface area contributed by atoms with E-state index in [1.165, 1.54) is 11.1 Å². The highest BCUT2D eigenvalue weighted by molar-refractivity contribution is 5.25. The summed E-state index contributed by atoms with van der Waals surface area (Å²) in [5.41, 5.74) is 8.95. The number of nitrogens with two attached hydrogens (primary N) is 1. The molecular formula is C16H27N. The van der Waals surface area contributed by atoms with Crippen LogP contribution in [0, 0.1) is 11.3 Å². The Balaban J connectivity index is 2.81. The van der Waals surface area contributed by atoms with Crippen LogP contribution in [0.3, 0.4) is 0 Å². The minimum Gasteiger partial charge on any atom is -0.330 e. The lowest BCUT2D eigenvalue weighted by Crippen LogP contribution is -2.34. The van der Waals surface area contributed by atoms with E-state index in [0.29, 0.717) is 11.8 Å². The highest BCUT2D eigenvalue weighted by Crippen LogP contribution is 2.30. The highest BCUT2D eigenvalue weighted by Gasteiger charge is 2.26. The van der Waals surface area contributed by atoms with Gasteiger partial charge in [-0.2, -0.15) is 0 Å². The van der Waals surface area contributed by atoms with Crippen molar-refractivity contribution in [3.63, 3.8) is 0 Å². The van der Waals surface area contributed by atoms with E-state index in [2.05, 4.69) is 58.9 Å². The summed E-state index contributed by atoms with van der Waals surface area (Å²) in [6.45, 7) is 12.0. The molecule has 96 valence electrons. The molecule has 0 aliphatic heterocycles. The lowest BCUT2D eigenvalue weighted by atomic mass is 9.74. The van der Waals surface area contributed by atoms with Crippen LogP contribution in [0.15, 0.2) is 24.3 Å². The van der Waals surface area contributed by atoms with Crippen LogP contribution >= 0.6 is 0 Å². The largest absolute Gasteiger partial charge is 0.330 e. The zero-order valence-corrected chi connectivity index (χ0v) is 12.0. The van der Waals surface area contributed by atoms with Crippen molar-refractivity contribution in [2.75, 3.05) is 6.54 Å². The molecule has 1 aromatic carbocycles. The topological polar surface area (TPSA) is 26.0 Å². The molecule has 1 unspecified atom stereocenters. The predicted molar refractivity (Wildman–Crippen MR) is 76.2 cm³/mol. The Labute approximate surface area is 106 Å². The van der Waals surface area contributed by atoms with Gasteiger partial charge in [0.25, 0.3) is 0 Å². The van der Waals surface area contributed by atoms with Crippen LogP contribution in [-0.4, -0.2) is 6.54 Å². The maximum atomic E-state index is 5.93. The van der Waals surface area contributed by atoms with Gasteiger partial charge in [0, 0.05) is 0 Å². The van der Waals surface area contributed by atoms with Crippen molar-refractivity contribution in [3.05, 3.63) is 35.4 Å². The first-order valence-electron chi connectivity index (χ1n) is 6.68. The maximum absolute atomic E-state index is 5.93. The summed E-state index contributed by atoms with van der Waals surface area (Å²) in [6.07, 6.45) is 1.07. The maximum Gasteiger partial charge on any atom is -0.00175 e. The van der Waals surface area contributed by atoms with E-state index >= 15 is 0 Å². The van der Waals surface area contributed by atoms with Gasteiger partial charge in [0.2, 0.25) is 0 Å². The number of hydrogen-bond donors (Lipinski definition) is 1. The van der Waals surface area contributed by atoms with E-state index in [1.54, 1.807) is 0 Å². The molecule has 0 aliphatic rings. The van der Waals surface area contributed by atoms with Gasteiger partial charge < -0.3 is 5.73 Å². The average molecular weight is 233 g/mol. The van der Waals surface area contributed by atoms with Gasteiger partial charge in [-0.1, -0.05) is 58.9 Å². The molecule has 0 aliphatic carbocycles. The Hall–Kier alpha value is -0.820. The molecule has 0 fully saturated rings. The highest BCUT2D eigenvalue weighted by atomic mass is 14.6. The van der Waals surface area contributed by atoms with Crippen LogP contribution in [0.4, 0.5) is 0 Å². The molecule has 1 rings (SSSR count). The molecule has 1 nitrogen and oxygen atoms in total. The van der Waals surface area contributed by atoms with Crippen LogP contribution in [0.2, 0.25) is 0 Å². The summed E-state index contributed by atoms with van der Waals surface area (Å²) in [4.78, 5) is 0. The van der Waals surface area contributed by atoms with Crippen LogP contribution < -0.4 is 5.73 Å². The van der Waals surface area contributed by atoms with Gasteiger partial charge in [0.05, 0.1) is 0 Å². The summed E-state index contributed by atoms with van der Waals surface area (Å²) in [6, 6.07) is 9.01. The van der Waals surface area contributed by atoms with E-state index < -0.39 is 0 Å². The summed E-state index contributed by atoms with van der Waals surface area (Å²) in [7, 11) is 0. The molecule has 0 bridgehead atoms. The third-order valence-corrected chi connectivity index (χ3v) is 4.11. The number of benzene rings is 1. The summed E-state index contributed by atoms with van der Waals surface area (Å²) >= 11 is 0. The molecule has 17 heavy (non-hydrogen) atoms. The van der Waals surface area contributed by atoms with Crippen LogP contribution in [-0.2, 0) is 6.42 Å². The van der Waals surface area contributed by atoms with Crippen molar-refractivity contribution >= 4 is 0 Å². The minimum atomic E-state index is 0.208. The fraction of sp³-hybridized carbons (Fsp3) is 0.625. The van der Waals surface area contributed by atoms with Crippen molar-refractivity contribution in [1.82, 2.24) is 0 Å². The fourth-order valence-electron chi connectivity index (χ4n) is 2.00. The van der Waals surface area contributed by atoms with Crippen molar-refractivity contribution in [2.24, 2.45) is 17.1 Å². The third kappa shape index (κ3) is 3.57. The number of hydrogen-bond acceptors (Lipinski definition) is 1. The SMILES string of the molecule is CC(C)c1ccc(CC(C)(CN)C(C)C)cc1. The molecule has 0 amide bonds. The standard InChI is InChI=1S/C16H27N/c1-12(2)15-8-6-14(7-9-15)10-16(5,11-17)13(3)4/h6-9,12-13H,10-11,17H2,1-5H3. The Morgan fingerprint density at radius 3 is 1.94 bits per heavy atom. The van der Waals surface area contributed by atoms with Crippen molar-refractivity contribution < 1.29 is 0 Å². The van der Waals surface area contributed by atoms with Gasteiger partial charge in [0.1, 0.15) is 0 Å². The van der Waals surface area contributed by atoms with Gasteiger partial charge in [-0.3, -0.25) is 0 Å². The molecule has 1 atom stereocenters. The summed E-state index contributed by atoms with van der Waals surface area (Å²) < 4.78 is 0. The van der Waals surface area contributed by atoms with Crippen LogP contribution in [0.1, 0.15) is 51.7 Å². The van der Waals surface area contributed by atoms with E-state index in [0.717, 1.165) is 13.0 Å². The minimum absolute atomic E-state index is 0.208. The lowest BCUT2D eigenvalue weighted by molar-refractivity contribution is 0.227. The third-order valence-electron chi connectivity index (χ3n) is 4.11. The van der Waals surface area contributed by atoms with Crippen LogP contribution in [0.25, 0.3) is 0 Å². The summed E-state index contributed by atoms with van der Waals surface area (Å²) in [5, 5.41) is 0.